The van der Waals surface area contributed by atoms with Crippen molar-refractivity contribution >= 4 is 27.8 Å². The van der Waals surface area contributed by atoms with Gasteiger partial charge in [-0.25, -0.2) is 4.79 Å². The molecule has 2 atom stereocenters. The van der Waals surface area contributed by atoms with Gasteiger partial charge in [-0.3, -0.25) is 14.1 Å². The van der Waals surface area contributed by atoms with Crippen LogP contribution in [0.1, 0.15) is 32.1 Å². The second-order valence-corrected chi connectivity index (χ2v) is 8.89. The lowest BCUT2D eigenvalue weighted by Crippen LogP contribution is -2.55. The second kappa shape index (κ2) is 6.22. The predicted molar refractivity (Wildman–Crippen MR) is 79.4 cm³/mol. The molecular formula is C15H18F2O8S. The first-order chi connectivity index (χ1) is 11.9. The standard InChI is InChI=1S/C15H18F2O8S/c16-15(17,7-26(21,22)23)25-11(18)6-24-13(20)14-3-8-1-9(4-14)12(19)10(2-8)5-14/h8-10H,1-7H2,(H,21,22,23). The molecule has 0 heterocycles. The number of ether oxygens (including phenoxy) is 2. The van der Waals surface area contributed by atoms with E-state index in [2.05, 4.69) is 4.74 Å². The maximum Gasteiger partial charge on any atom is 0.416 e. The van der Waals surface area contributed by atoms with Gasteiger partial charge in [0.2, 0.25) is 0 Å². The van der Waals surface area contributed by atoms with Crippen LogP contribution in [0.25, 0.3) is 0 Å². The molecule has 4 fully saturated rings. The van der Waals surface area contributed by atoms with E-state index in [4.69, 9.17) is 9.29 Å². The lowest BCUT2D eigenvalue weighted by Gasteiger charge is -2.53. The van der Waals surface area contributed by atoms with Gasteiger partial charge in [0.15, 0.2) is 12.4 Å². The summed E-state index contributed by atoms with van der Waals surface area (Å²) in [6, 6.07) is 0. The summed E-state index contributed by atoms with van der Waals surface area (Å²) in [6.07, 6.45) is -1.73. The third-order valence-corrected chi connectivity index (χ3v) is 6.06. The number of hydrogen-bond donors (Lipinski definition) is 1. The highest BCUT2D eigenvalue weighted by atomic mass is 32.2. The molecule has 0 radical (unpaired) electrons. The Labute approximate surface area is 148 Å². The van der Waals surface area contributed by atoms with Crippen LogP contribution < -0.4 is 0 Å². The molecule has 0 aromatic carbocycles. The first kappa shape index (κ1) is 19.2. The van der Waals surface area contributed by atoms with Gasteiger partial charge in [-0.2, -0.15) is 17.2 Å². The normalized spacial score (nSPS) is 33.2. The Balaban J connectivity index is 1.56. The van der Waals surface area contributed by atoms with Gasteiger partial charge in [0.1, 0.15) is 5.78 Å². The van der Waals surface area contributed by atoms with Crippen molar-refractivity contribution in [2.24, 2.45) is 23.2 Å². The van der Waals surface area contributed by atoms with Gasteiger partial charge >= 0.3 is 18.0 Å². The number of esters is 2. The van der Waals surface area contributed by atoms with Crippen LogP contribution in [0.2, 0.25) is 0 Å². The van der Waals surface area contributed by atoms with E-state index < -0.39 is 45.9 Å². The van der Waals surface area contributed by atoms with Gasteiger partial charge in [-0.05, 0) is 38.0 Å². The molecule has 4 bridgehead atoms. The predicted octanol–water partition coefficient (Wildman–Crippen LogP) is 0.949. The fourth-order valence-corrected chi connectivity index (χ4v) is 5.20. The molecule has 0 saturated heterocycles. The summed E-state index contributed by atoms with van der Waals surface area (Å²) in [5.41, 5.74) is -0.873. The van der Waals surface area contributed by atoms with Crippen molar-refractivity contribution in [1.29, 1.82) is 0 Å². The van der Waals surface area contributed by atoms with Crippen LogP contribution in [0.5, 0.6) is 0 Å². The lowest BCUT2D eigenvalue weighted by molar-refractivity contribution is -0.225. The molecular weight excluding hydrogens is 378 g/mol. The van der Waals surface area contributed by atoms with Gasteiger partial charge in [0.05, 0.1) is 5.41 Å². The highest BCUT2D eigenvalue weighted by Gasteiger charge is 2.59. The van der Waals surface area contributed by atoms with Crippen molar-refractivity contribution in [2.45, 2.75) is 38.2 Å². The molecule has 8 nitrogen and oxygen atoms in total. The van der Waals surface area contributed by atoms with Crippen molar-refractivity contribution in [3.63, 3.8) is 0 Å². The van der Waals surface area contributed by atoms with Gasteiger partial charge in [-0.1, -0.05) is 0 Å². The molecule has 4 aliphatic carbocycles. The van der Waals surface area contributed by atoms with E-state index in [1.54, 1.807) is 0 Å². The third-order valence-electron chi connectivity index (χ3n) is 5.36. The minimum absolute atomic E-state index is 0.161. The van der Waals surface area contributed by atoms with Crippen LogP contribution in [0.3, 0.4) is 0 Å². The van der Waals surface area contributed by atoms with E-state index in [1.807, 2.05) is 0 Å². The average molecular weight is 396 g/mol. The van der Waals surface area contributed by atoms with E-state index in [-0.39, 0.29) is 23.5 Å². The van der Waals surface area contributed by atoms with E-state index in [1.165, 1.54) is 0 Å². The highest BCUT2D eigenvalue weighted by molar-refractivity contribution is 7.85. The van der Waals surface area contributed by atoms with Crippen molar-refractivity contribution in [1.82, 2.24) is 0 Å². The minimum atomic E-state index is -5.06. The van der Waals surface area contributed by atoms with Crippen molar-refractivity contribution in [2.75, 3.05) is 12.4 Å². The molecule has 0 amide bonds. The van der Waals surface area contributed by atoms with Crippen LogP contribution in [-0.2, 0) is 34.0 Å². The Kier molecular flexibility index (Phi) is 4.58. The van der Waals surface area contributed by atoms with Crippen molar-refractivity contribution in [3.05, 3.63) is 0 Å². The summed E-state index contributed by atoms with van der Waals surface area (Å²) in [7, 11) is -5.06. The van der Waals surface area contributed by atoms with Gasteiger partial charge in [0.25, 0.3) is 10.1 Å². The Morgan fingerprint density at radius 2 is 1.77 bits per heavy atom. The zero-order valence-electron chi connectivity index (χ0n) is 13.7. The summed E-state index contributed by atoms with van der Waals surface area (Å²) >= 11 is 0. The zero-order chi connectivity index (χ0) is 19.3. The van der Waals surface area contributed by atoms with E-state index in [9.17, 15) is 31.6 Å². The van der Waals surface area contributed by atoms with Crippen LogP contribution in [-0.4, -0.2) is 49.2 Å². The number of carbonyl (C=O) groups excluding carboxylic acids is 3. The van der Waals surface area contributed by atoms with Crippen LogP contribution in [0, 0.1) is 23.2 Å². The lowest BCUT2D eigenvalue weighted by atomic mass is 9.49. The maximum absolute atomic E-state index is 13.2. The number of rotatable bonds is 6. The molecule has 146 valence electrons. The smallest absolute Gasteiger partial charge is 0.416 e. The Morgan fingerprint density at radius 1 is 1.19 bits per heavy atom. The van der Waals surface area contributed by atoms with Gasteiger partial charge < -0.3 is 9.47 Å². The Bertz CT molecular complexity index is 729. The van der Waals surface area contributed by atoms with E-state index in [0.29, 0.717) is 19.3 Å². The van der Waals surface area contributed by atoms with Crippen LogP contribution in [0.4, 0.5) is 8.78 Å². The molecule has 0 spiro atoms. The molecule has 2 unspecified atom stereocenters. The number of carbonyl (C=O) groups is 3. The molecule has 0 aliphatic heterocycles. The minimum Gasteiger partial charge on any atom is -0.453 e. The first-order valence-electron chi connectivity index (χ1n) is 8.15. The molecule has 0 aromatic rings. The molecule has 11 heteroatoms. The number of ketones is 1. The SMILES string of the molecule is O=C(COC(=O)C12CC3CC(C1)C(=O)C(C3)C2)OC(F)(F)CS(=O)(=O)O. The summed E-state index contributed by atoms with van der Waals surface area (Å²) in [6.45, 7) is -1.10. The number of hydrogen-bond acceptors (Lipinski definition) is 7. The van der Waals surface area contributed by atoms with Gasteiger partial charge in [-0.15, -0.1) is 0 Å². The largest absolute Gasteiger partial charge is 0.453 e. The van der Waals surface area contributed by atoms with Crippen LogP contribution in [0.15, 0.2) is 0 Å². The third kappa shape index (κ3) is 3.88. The summed E-state index contributed by atoms with van der Waals surface area (Å²) < 4.78 is 64.2. The summed E-state index contributed by atoms with van der Waals surface area (Å²) in [5, 5.41) is 0. The molecule has 0 aromatic heterocycles. The fraction of sp³-hybridized carbons (Fsp3) is 0.800. The number of halogens is 2. The molecule has 4 aliphatic rings. The number of Topliss-reactive ketones (excluding diaryl/α,β-unsaturated/α-hetero) is 1. The molecule has 4 rings (SSSR count). The van der Waals surface area contributed by atoms with E-state index >= 15 is 0 Å². The average Bonchev–Trinajstić information content (AvgIpc) is 2.46. The monoisotopic (exact) mass is 396 g/mol. The highest BCUT2D eigenvalue weighted by Crippen LogP contribution is 2.59. The maximum atomic E-state index is 13.2. The van der Waals surface area contributed by atoms with Gasteiger partial charge in [0, 0.05) is 11.8 Å². The molecule has 4 saturated carbocycles. The molecule has 1 N–H and O–H groups in total. The summed E-state index contributed by atoms with van der Waals surface area (Å²) in [4.78, 5) is 36.0. The van der Waals surface area contributed by atoms with Crippen LogP contribution >= 0.6 is 0 Å². The van der Waals surface area contributed by atoms with Crippen molar-refractivity contribution < 1.29 is 45.6 Å². The second-order valence-electron chi connectivity index (χ2n) is 7.44. The number of alkyl halides is 2. The fourth-order valence-electron chi connectivity index (χ4n) is 4.71. The van der Waals surface area contributed by atoms with Crippen molar-refractivity contribution in [3.8, 4) is 0 Å². The quantitative estimate of drug-likeness (QED) is 0.520. The first-order valence-corrected chi connectivity index (χ1v) is 9.76. The Morgan fingerprint density at radius 3 is 2.31 bits per heavy atom. The Hall–Kier alpha value is -1.62. The molecule has 26 heavy (non-hydrogen) atoms. The summed E-state index contributed by atoms with van der Waals surface area (Å²) in [5.74, 6) is -4.43. The van der Waals surface area contributed by atoms with E-state index in [0.717, 1.165) is 12.8 Å². The zero-order valence-corrected chi connectivity index (χ0v) is 14.5. The topological polar surface area (TPSA) is 124 Å².